The highest BCUT2D eigenvalue weighted by Gasteiger charge is 2.28. The molecule has 0 aliphatic heterocycles. The number of ether oxygens (including phenoxy) is 1. The van der Waals surface area contributed by atoms with Gasteiger partial charge in [0.15, 0.2) is 0 Å². The van der Waals surface area contributed by atoms with Crippen molar-refractivity contribution in [1.82, 2.24) is 5.32 Å². The molecule has 2 aromatic carbocycles. The lowest BCUT2D eigenvalue weighted by atomic mass is 10.2. The predicted octanol–water partition coefficient (Wildman–Crippen LogP) is 3.87. The van der Waals surface area contributed by atoms with Gasteiger partial charge in [0, 0.05) is 17.3 Å². The summed E-state index contributed by atoms with van der Waals surface area (Å²) in [4.78, 5) is 24.3. The van der Waals surface area contributed by atoms with E-state index in [9.17, 15) is 9.59 Å². The third-order valence-corrected chi connectivity index (χ3v) is 4.45. The Hall–Kier alpha value is -3.02. The van der Waals surface area contributed by atoms with E-state index in [-0.39, 0.29) is 18.0 Å². The second-order valence-electron chi connectivity index (χ2n) is 6.46. The van der Waals surface area contributed by atoms with Gasteiger partial charge >= 0.3 is 6.03 Å². The van der Waals surface area contributed by atoms with Gasteiger partial charge in [-0.2, -0.15) is 0 Å². The average molecular weight is 353 g/mol. The molecule has 0 saturated heterocycles. The Morgan fingerprint density at radius 1 is 1.04 bits per heavy atom. The Kier molecular flexibility index (Phi) is 5.41. The van der Waals surface area contributed by atoms with Crippen molar-refractivity contribution in [2.75, 3.05) is 17.7 Å². The molecule has 0 bridgehead atoms. The molecule has 26 heavy (non-hydrogen) atoms. The van der Waals surface area contributed by atoms with E-state index in [0.29, 0.717) is 28.6 Å². The van der Waals surface area contributed by atoms with Gasteiger partial charge in [0.1, 0.15) is 5.75 Å². The Balaban J connectivity index is 1.58. The number of amides is 3. The molecule has 3 rings (SSSR count). The summed E-state index contributed by atoms with van der Waals surface area (Å²) in [6, 6.07) is 13.9. The van der Waals surface area contributed by atoms with Gasteiger partial charge in [0.25, 0.3) is 5.91 Å². The van der Waals surface area contributed by atoms with E-state index < -0.39 is 0 Å². The van der Waals surface area contributed by atoms with Crippen molar-refractivity contribution in [3.05, 3.63) is 54.1 Å². The van der Waals surface area contributed by atoms with Crippen molar-refractivity contribution < 1.29 is 14.3 Å². The number of nitrogens with one attached hydrogen (secondary N) is 3. The molecule has 1 aliphatic carbocycles. The van der Waals surface area contributed by atoms with Gasteiger partial charge in [-0.3, -0.25) is 4.79 Å². The fourth-order valence-electron chi connectivity index (χ4n) is 2.74. The first-order valence-electron chi connectivity index (χ1n) is 8.69. The lowest BCUT2D eigenvalue weighted by Gasteiger charge is -2.14. The fraction of sp³-hybridized carbons (Fsp3) is 0.300. The zero-order chi connectivity index (χ0) is 18.5. The first-order chi connectivity index (χ1) is 12.6. The number of carbonyl (C=O) groups is 2. The van der Waals surface area contributed by atoms with Crippen molar-refractivity contribution in [3.63, 3.8) is 0 Å². The summed E-state index contributed by atoms with van der Waals surface area (Å²) in [6.45, 7) is 2.02. The van der Waals surface area contributed by atoms with Crippen LogP contribution in [0.4, 0.5) is 16.2 Å². The molecule has 3 N–H and O–H groups in total. The molecular formula is C20H23N3O3. The molecule has 1 aliphatic rings. The molecule has 0 radical (unpaired) electrons. The van der Waals surface area contributed by atoms with Gasteiger partial charge in [0.05, 0.1) is 12.8 Å². The van der Waals surface area contributed by atoms with E-state index in [1.165, 1.54) is 12.8 Å². The minimum Gasteiger partial charge on any atom is -0.495 e. The van der Waals surface area contributed by atoms with Crippen LogP contribution < -0.4 is 20.7 Å². The first kappa shape index (κ1) is 17.8. The molecule has 1 atom stereocenters. The molecule has 1 unspecified atom stereocenters. The largest absolute Gasteiger partial charge is 0.495 e. The normalized spacial score (nSPS) is 14.2. The Morgan fingerprint density at radius 2 is 1.73 bits per heavy atom. The Labute approximate surface area is 152 Å². The molecule has 3 amide bonds. The van der Waals surface area contributed by atoms with Crippen molar-refractivity contribution in [2.24, 2.45) is 5.92 Å². The van der Waals surface area contributed by atoms with Gasteiger partial charge in [-0.05, 0) is 62.1 Å². The van der Waals surface area contributed by atoms with Crippen LogP contribution in [0.2, 0.25) is 0 Å². The molecule has 0 aromatic heterocycles. The Bertz CT molecular complexity index is 785. The Morgan fingerprint density at radius 3 is 2.38 bits per heavy atom. The van der Waals surface area contributed by atoms with E-state index in [0.717, 1.165) is 0 Å². The molecule has 0 heterocycles. The SMILES string of the molecule is COc1ccccc1NC(=O)c1ccc(NC(=O)NC(C)C2CC2)cc1. The van der Waals surface area contributed by atoms with E-state index in [1.54, 1.807) is 43.5 Å². The van der Waals surface area contributed by atoms with Crippen LogP contribution in [0, 0.1) is 5.92 Å². The van der Waals surface area contributed by atoms with Crippen LogP contribution in [0.25, 0.3) is 0 Å². The van der Waals surface area contributed by atoms with Crippen LogP contribution in [0.5, 0.6) is 5.75 Å². The molecular weight excluding hydrogens is 330 g/mol. The van der Waals surface area contributed by atoms with Gasteiger partial charge in [-0.15, -0.1) is 0 Å². The number of methoxy groups -OCH3 is 1. The highest BCUT2D eigenvalue weighted by molar-refractivity contribution is 6.05. The quantitative estimate of drug-likeness (QED) is 0.737. The van der Waals surface area contributed by atoms with Crippen LogP contribution in [0.15, 0.2) is 48.5 Å². The molecule has 0 spiro atoms. The zero-order valence-electron chi connectivity index (χ0n) is 14.9. The molecule has 2 aromatic rings. The van der Waals surface area contributed by atoms with Crippen LogP contribution in [-0.4, -0.2) is 25.1 Å². The van der Waals surface area contributed by atoms with Crippen molar-refractivity contribution in [1.29, 1.82) is 0 Å². The summed E-state index contributed by atoms with van der Waals surface area (Å²) in [7, 11) is 1.56. The fourth-order valence-corrected chi connectivity index (χ4v) is 2.74. The second-order valence-corrected chi connectivity index (χ2v) is 6.46. The minimum absolute atomic E-state index is 0.181. The molecule has 136 valence electrons. The zero-order valence-corrected chi connectivity index (χ0v) is 14.9. The van der Waals surface area contributed by atoms with E-state index in [4.69, 9.17) is 4.74 Å². The number of anilines is 2. The van der Waals surface area contributed by atoms with Crippen LogP contribution in [0.3, 0.4) is 0 Å². The van der Waals surface area contributed by atoms with Crippen LogP contribution in [0.1, 0.15) is 30.1 Å². The number of hydrogen-bond acceptors (Lipinski definition) is 3. The summed E-state index contributed by atoms with van der Waals surface area (Å²) >= 11 is 0. The van der Waals surface area contributed by atoms with Crippen molar-refractivity contribution in [3.8, 4) is 5.75 Å². The third-order valence-electron chi connectivity index (χ3n) is 4.45. The molecule has 6 nitrogen and oxygen atoms in total. The monoisotopic (exact) mass is 353 g/mol. The van der Waals surface area contributed by atoms with E-state index in [1.807, 2.05) is 19.1 Å². The predicted molar refractivity (Wildman–Crippen MR) is 102 cm³/mol. The second kappa shape index (κ2) is 7.91. The maximum atomic E-state index is 12.4. The summed E-state index contributed by atoms with van der Waals surface area (Å²) in [5, 5.41) is 8.54. The number of benzene rings is 2. The molecule has 1 fully saturated rings. The summed E-state index contributed by atoms with van der Waals surface area (Å²) in [5.41, 5.74) is 1.74. The van der Waals surface area contributed by atoms with Crippen molar-refractivity contribution in [2.45, 2.75) is 25.8 Å². The lowest BCUT2D eigenvalue weighted by molar-refractivity contribution is 0.102. The number of rotatable bonds is 6. The highest BCUT2D eigenvalue weighted by atomic mass is 16.5. The third kappa shape index (κ3) is 4.53. The maximum absolute atomic E-state index is 12.4. The number of carbonyl (C=O) groups excluding carboxylic acids is 2. The molecule has 6 heteroatoms. The summed E-state index contributed by atoms with van der Waals surface area (Å²) < 4.78 is 5.23. The smallest absolute Gasteiger partial charge is 0.319 e. The lowest BCUT2D eigenvalue weighted by Crippen LogP contribution is -2.37. The van der Waals surface area contributed by atoms with Crippen LogP contribution in [-0.2, 0) is 0 Å². The van der Waals surface area contributed by atoms with Gasteiger partial charge in [-0.25, -0.2) is 4.79 Å². The van der Waals surface area contributed by atoms with Gasteiger partial charge in [-0.1, -0.05) is 12.1 Å². The summed E-state index contributed by atoms with van der Waals surface area (Å²) in [5.74, 6) is 0.954. The van der Waals surface area contributed by atoms with Gasteiger partial charge < -0.3 is 20.7 Å². The van der Waals surface area contributed by atoms with E-state index >= 15 is 0 Å². The van der Waals surface area contributed by atoms with Crippen molar-refractivity contribution >= 4 is 23.3 Å². The van der Waals surface area contributed by atoms with E-state index in [2.05, 4.69) is 16.0 Å². The topological polar surface area (TPSA) is 79.5 Å². The van der Waals surface area contributed by atoms with Crippen LogP contribution >= 0.6 is 0 Å². The average Bonchev–Trinajstić information content (AvgIpc) is 3.48. The molecule has 1 saturated carbocycles. The maximum Gasteiger partial charge on any atom is 0.319 e. The number of urea groups is 1. The van der Waals surface area contributed by atoms with Gasteiger partial charge in [0.2, 0.25) is 0 Å². The highest BCUT2D eigenvalue weighted by Crippen LogP contribution is 2.32. The number of hydrogen-bond donors (Lipinski definition) is 3. The first-order valence-corrected chi connectivity index (χ1v) is 8.69. The number of para-hydroxylation sites is 2. The standard InChI is InChI=1S/C20H23N3O3/c1-13(14-7-8-14)21-20(25)22-16-11-9-15(10-12-16)19(24)23-17-5-3-4-6-18(17)26-2/h3-6,9-14H,7-8H2,1-2H3,(H,23,24)(H2,21,22,25). The minimum atomic E-state index is -0.243. The summed E-state index contributed by atoms with van der Waals surface area (Å²) in [6.07, 6.45) is 2.36.